The van der Waals surface area contributed by atoms with Crippen LogP contribution in [0.1, 0.15) is 19.3 Å². The monoisotopic (exact) mass is 182 g/mol. The fourth-order valence-electron chi connectivity index (χ4n) is 1.38. The molecule has 0 aromatic carbocycles. The molecule has 0 saturated heterocycles. The molecular weight excluding hydrogens is 164 g/mol. The van der Waals surface area contributed by atoms with Crippen LogP contribution in [0.3, 0.4) is 0 Å². The Morgan fingerprint density at radius 2 is 2.31 bits per heavy atom. The number of ether oxygens (including phenoxy) is 1. The van der Waals surface area contributed by atoms with Crippen LogP contribution in [0, 0.1) is 0 Å². The molecule has 1 rings (SSSR count). The number of hydrogen-bond acceptors (Lipinski definition) is 3. The van der Waals surface area contributed by atoms with Gasteiger partial charge in [0.1, 0.15) is 5.84 Å². The van der Waals surface area contributed by atoms with E-state index in [0.717, 1.165) is 37.5 Å². The Labute approximate surface area is 80.1 Å². The number of amidine groups is 1. The summed E-state index contributed by atoms with van der Waals surface area (Å²) < 4.78 is 5.01. The van der Waals surface area contributed by atoms with Crippen molar-refractivity contribution in [1.29, 1.82) is 0 Å². The lowest BCUT2D eigenvalue weighted by Gasteiger charge is -2.23. The van der Waals surface area contributed by atoms with Crippen LogP contribution >= 0.6 is 0 Å². The SMILES string of the molecule is C=C1CCCC(N(C)CCOC)=N1. The van der Waals surface area contributed by atoms with Crippen molar-refractivity contribution in [2.45, 2.75) is 19.3 Å². The standard InChI is InChI=1S/C10H18N2O/c1-9-5-4-6-10(11-9)12(2)7-8-13-3/h1,4-8H2,2-3H3. The van der Waals surface area contributed by atoms with Gasteiger partial charge in [-0.25, -0.2) is 4.99 Å². The summed E-state index contributed by atoms with van der Waals surface area (Å²) in [5.41, 5.74) is 1.01. The Morgan fingerprint density at radius 3 is 2.92 bits per heavy atom. The third-order valence-corrected chi connectivity index (χ3v) is 2.22. The second-order valence-corrected chi connectivity index (χ2v) is 3.36. The minimum absolute atomic E-state index is 0.752. The zero-order chi connectivity index (χ0) is 9.68. The molecule has 74 valence electrons. The highest BCUT2D eigenvalue weighted by Crippen LogP contribution is 2.16. The van der Waals surface area contributed by atoms with Crippen LogP contribution in [0.4, 0.5) is 0 Å². The highest BCUT2D eigenvalue weighted by Gasteiger charge is 2.11. The average molecular weight is 182 g/mol. The van der Waals surface area contributed by atoms with E-state index in [4.69, 9.17) is 4.74 Å². The molecule has 3 heteroatoms. The van der Waals surface area contributed by atoms with Crippen molar-refractivity contribution in [1.82, 2.24) is 4.90 Å². The lowest BCUT2D eigenvalue weighted by molar-refractivity contribution is 0.182. The first kappa shape index (κ1) is 10.3. The molecule has 0 aromatic heterocycles. The number of aliphatic imine (C=N–C) groups is 1. The Kier molecular flexibility index (Phi) is 3.96. The molecule has 13 heavy (non-hydrogen) atoms. The van der Waals surface area contributed by atoms with Crippen molar-refractivity contribution >= 4 is 5.84 Å². The number of hydrogen-bond donors (Lipinski definition) is 0. The largest absolute Gasteiger partial charge is 0.383 e. The van der Waals surface area contributed by atoms with Crippen LogP contribution in [0.15, 0.2) is 17.3 Å². The van der Waals surface area contributed by atoms with E-state index in [0.29, 0.717) is 0 Å². The van der Waals surface area contributed by atoms with Gasteiger partial charge < -0.3 is 9.64 Å². The van der Waals surface area contributed by atoms with Crippen LogP contribution in [0.25, 0.3) is 0 Å². The van der Waals surface area contributed by atoms with E-state index < -0.39 is 0 Å². The lowest BCUT2D eigenvalue weighted by atomic mass is 10.1. The maximum absolute atomic E-state index is 5.01. The molecule has 0 radical (unpaired) electrons. The van der Waals surface area contributed by atoms with E-state index in [9.17, 15) is 0 Å². The average Bonchev–Trinajstić information content (AvgIpc) is 2.14. The molecule has 0 unspecified atom stereocenters. The van der Waals surface area contributed by atoms with E-state index in [1.807, 2.05) is 0 Å². The van der Waals surface area contributed by atoms with Crippen molar-refractivity contribution < 1.29 is 4.74 Å². The summed E-state index contributed by atoms with van der Waals surface area (Å²) >= 11 is 0. The third-order valence-electron chi connectivity index (χ3n) is 2.22. The molecule has 0 amide bonds. The highest BCUT2D eigenvalue weighted by molar-refractivity contribution is 5.83. The molecule has 3 nitrogen and oxygen atoms in total. The fraction of sp³-hybridized carbons (Fsp3) is 0.700. The fourth-order valence-corrected chi connectivity index (χ4v) is 1.38. The summed E-state index contributed by atoms with van der Waals surface area (Å²) in [6.45, 7) is 5.54. The van der Waals surface area contributed by atoms with E-state index in [1.165, 1.54) is 6.42 Å². The molecule has 1 heterocycles. The van der Waals surface area contributed by atoms with E-state index >= 15 is 0 Å². The predicted molar refractivity (Wildman–Crippen MR) is 54.9 cm³/mol. The van der Waals surface area contributed by atoms with Gasteiger partial charge in [-0.3, -0.25) is 0 Å². The smallest absolute Gasteiger partial charge is 0.104 e. The number of likely N-dealkylation sites (N-methyl/N-ethyl adjacent to an activating group) is 1. The molecule has 0 saturated carbocycles. The van der Waals surface area contributed by atoms with Crippen LogP contribution < -0.4 is 0 Å². The molecule has 0 aromatic rings. The zero-order valence-corrected chi connectivity index (χ0v) is 8.55. The van der Waals surface area contributed by atoms with Crippen LogP contribution in [0.5, 0.6) is 0 Å². The van der Waals surface area contributed by atoms with Gasteiger partial charge in [-0.1, -0.05) is 6.58 Å². The predicted octanol–water partition coefficient (Wildman–Crippen LogP) is 1.66. The van der Waals surface area contributed by atoms with Gasteiger partial charge >= 0.3 is 0 Å². The van der Waals surface area contributed by atoms with E-state index in [2.05, 4.69) is 23.5 Å². The van der Waals surface area contributed by atoms with Crippen LogP contribution in [-0.2, 0) is 4.74 Å². The van der Waals surface area contributed by atoms with Gasteiger partial charge in [0.2, 0.25) is 0 Å². The van der Waals surface area contributed by atoms with Gasteiger partial charge in [0, 0.05) is 32.8 Å². The van der Waals surface area contributed by atoms with Crippen molar-refractivity contribution in [2.24, 2.45) is 4.99 Å². The first-order chi connectivity index (χ1) is 6.24. The molecule has 0 fully saturated rings. The van der Waals surface area contributed by atoms with Crippen molar-refractivity contribution in [3.63, 3.8) is 0 Å². The molecule has 0 N–H and O–H groups in total. The first-order valence-corrected chi connectivity index (χ1v) is 4.69. The second-order valence-electron chi connectivity index (χ2n) is 3.36. The third kappa shape index (κ3) is 3.19. The molecule has 1 aliphatic rings. The topological polar surface area (TPSA) is 24.8 Å². The van der Waals surface area contributed by atoms with E-state index in [1.54, 1.807) is 7.11 Å². The summed E-state index contributed by atoms with van der Waals surface area (Å²) in [4.78, 5) is 6.57. The van der Waals surface area contributed by atoms with Crippen molar-refractivity contribution in [2.75, 3.05) is 27.3 Å². The molecule has 0 spiro atoms. The van der Waals surface area contributed by atoms with Gasteiger partial charge in [-0.2, -0.15) is 0 Å². The molecule has 0 aliphatic carbocycles. The second kappa shape index (κ2) is 5.02. The van der Waals surface area contributed by atoms with Crippen molar-refractivity contribution in [3.8, 4) is 0 Å². The number of rotatable bonds is 3. The van der Waals surface area contributed by atoms with Gasteiger partial charge in [-0.15, -0.1) is 0 Å². The number of methoxy groups -OCH3 is 1. The lowest BCUT2D eigenvalue weighted by Crippen LogP contribution is -2.31. The molecule has 0 bridgehead atoms. The maximum atomic E-state index is 5.01. The van der Waals surface area contributed by atoms with Crippen LogP contribution in [-0.4, -0.2) is 38.0 Å². The number of nitrogens with zero attached hydrogens (tertiary/aromatic N) is 2. The Hall–Kier alpha value is -0.830. The van der Waals surface area contributed by atoms with E-state index in [-0.39, 0.29) is 0 Å². The minimum atomic E-state index is 0.752. The van der Waals surface area contributed by atoms with Crippen LogP contribution in [0.2, 0.25) is 0 Å². The van der Waals surface area contributed by atoms with Gasteiger partial charge in [0.15, 0.2) is 0 Å². The Balaban J connectivity index is 2.45. The minimum Gasteiger partial charge on any atom is -0.383 e. The van der Waals surface area contributed by atoms with Crippen molar-refractivity contribution in [3.05, 3.63) is 12.3 Å². The molecule has 0 atom stereocenters. The summed E-state index contributed by atoms with van der Waals surface area (Å²) in [5, 5.41) is 0. The Morgan fingerprint density at radius 1 is 1.54 bits per heavy atom. The summed E-state index contributed by atoms with van der Waals surface area (Å²) in [7, 11) is 3.77. The molecule has 1 aliphatic heterocycles. The maximum Gasteiger partial charge on any atom is 0.104 e. The molecular formula is C10H18N2O. The zero-order valence-electron chi connectivity index (χ0n) is 8.55. The summed E-state index contributed by atoms with van der Waals surface area (Å²) in [6, 6.07) is 0. The highest BCUT2D eigenvalue weighted by atomic mass is 16.5. The summed E-state index contributed by atoms with van der Waals surface area (Å²) in [6.07, 6.45) is 3.29. The van der Waals surface area contributed by atoms with Gasteiger partial charge in [0.05, 0.1) is 6.61 Å². The van der Waals surface area contributed by atoms with Gasteiger partial charge in [-0.05, 0) is 12.8 Å². The Bertz CT molecular complexity index is 211. The number of allylic oxidation sites excluding steroid dienone is 1. The first-order valence-electron chi connectivity index (χ1n) is 4.69. The summed E-state index contributed by atoms with van der Waals surface area (Å²) in [5.74, 6) is 1.15. The van der Waals surface area contributed by atoms with Gasteiger partial charge in [0.25, 0.3) is 0 Å². The normalized spacial score (nSPS) is 17.1. The quantitative estimate of drug-likeness (QED) is 0.663.